The molecule has 1 aromatic carbocycles. The number of allylic oxidation sites excluding steroid dienone is 1. The van der Waals surface area contributed by atoms with Crippen LogP contribution in [0.25, 0.3) is 0 Å². The Kier molecular flexibility index (Phi) is 7.05. The van der Waals surface area contributed by atoms with Crippen molar-refractivity contribution in [3.05, 3.63) is 47.0 Å². The normalized spacial score (nSPS) is 12.8. The van der Waals surface area contributed by atoms with Crippen LogP contribution in [0.3, 0.4) is 0 Å². The Labute approximate surface area is 132 Å². The Balaban J connectivity index is 2.85. The third kappa shape index (κ3) is 6.06. The lowest BCUT2D eigenvalue weighted by atomic mass is 9.99. The molecule has 0 aromatic heterocycles. The molecule has 0 heterocycles. The molecule has 0 saturated carbocycles. The Morgan fingerprint density at radius 1 is 1.38 bits per heavy atom. The minimum absolute atomic E-state index is 0.179. The number of esters is 1. The van der Waals surface area contributed by atoms with Gasteiger partial charge in [-0.3, -0.25) is 0 Å². The van der Waals surface area contributed by atoms with Gasteiger partial charge in [0, 0.05) is 10.9 Å². The highest BCUT2D eigenvalue weighted by Crippen LogP contribution is 2.17. The van der Waals surface area contributed by atoms with E-state index >= 15 is 0 Å². The quantitative estimate of drug-likeness (QED) is 0.572. The number of hydrogen-bond donors (Lipinski definition) is 0. The third-order valence-electron chi connectivity index (χ3n) is 3.00. The molecule has 0 N–H and O–H groups in total. The van der Waals surface area contributed by atoms with Crippen LogP contribution in [0, 0.1) is 17.8 Å². The first-order chi connectivity index (χ1) is 9.93. The van der Waals surface area contributed by atoms with Gasteiger partial charge in [-0.15, -0.1) is 0 Å². The summed E-state index contributed by atoms with van der Waals surface area (Å²) in [7, 11) is 0. The van der Waals surface area contributed by atoms with Crippen molar-refractivity contribution in [2.45, 2.75) is 39.7 Å². The van der Waals surface area contributed by atoms with Crippen LogP contribution in [0.2, 0.25) is 5.02 Å². The SMILES string of the molecule is C=C(C)C#CC(OC(=O)c1ccc(Cl)cc1)C(C)CCC. The second kappa shape index (κ2) is 8.54. The highest BCUT2D eigenvalue weighted by atomic mass is 35.5. The summed E-state index contributed by atoms with van der Waals surface area (Å²) < 4.78 is 5.54. The van der Waals surface area contributed by atoms with Crippen molar-refractivity contribution in [3.63, 3.8) is 0 Å². The van der Waals surface area contributed by atoms with E-state index in [1.165, 1.54) is 0 Å². The molecule has 0 spiro atoms. The van der Waals surface area contributed by atoms with E-state index in [4.69, 9.17) is 16.3 Å². The van der Waals surface area contributed by atoms with Gasteiger partial charge >= 0.3 is 5.97 Å². The minimum atomic E-state index is -0.426. The third-order valence-corrected chi connectivity index (χ3v) is 3.25. The summed E-state index contributed by atoms with van der Waals surface area (Å²) in [5.41, 5.74) is 1.23. The van der Waals surface area contributed by atoms with Crippen molar-refractivity contribution in [3.8, 4) is 11.8 Å². The monoisotopic (exact) mass is 304 g/mol. The van der Waals surface area contributed by atoms with Gasteiger partial charge in [0.1, 0.15) is 0 Å². The van der Waals surface area contributed by atoms with Gasteiger partial charge in [-0.05, 0) is 43.2 Å². The minimum Gasteiger partial charge on any atom is -0.445 e. The largest absolute Gasteiger partial charge is 0.445 e. The number of carbonyl (C=O) groups is 1. The second-order valence-electron chi connectivity index (χ2n) is 5.15. The molecule has 2 nitrogen and oxygen atoms in total. The molecule has 0 bridgehead atoms. The molecular formula is C18H21ClO2. The van der Waals surface area contributed by atoms with Crippen LogP contribution in [0.1, 0.15) is 44.0 Å². The highest BCUT2D eigenvalue weighted by Gasteiger charge is 2.20. The Hall–Kier alpha value is -1.72. The molecule has 0 radical (unpaired) electrons. The molecule has 21 heavy (non-hydrogen) atoms. The van der Waals surface area contributed by atoms with E-state index in [9.17, 15) is 4.79 Å². The van der Waals surface area contributed by atoms with Crippen LogP contribution in [-0.2, 0) is 4.74 Å². The van der Waals surface area contributed by atoms with Gasteiger partial charge in [-0.2, -0.15) is 0 Å². The molecule has 1 aromatic rings. The van der Waals surface area contributed by atoms with Crippen LogP contribution in [0.5, 0.6) is 0 Å². The molecule has 2 atom stereocenters. The average molecular weight is 305 g/mol. The topological polar surface area (TPSA) is 26.3 Å². The van der Waals surface area contributed by atoms with E-state index < -0.39 is 6.10 Å². The fourth-order valence-electron chi connectivity index (χ4n) is 1.86. The van der Waals surface area contributed by atoms with Gasteiger partial charge < -0.3 is 4.74 Å². The van der Waals surface area contributed by atoms with E-state index in [2.05, 4.69) is 25.3 Å². The van der Waals surface area contributed by atoms with Gasteiger partial charge in [0.2, 0.25) is 0 Å². The number of hydrogen-bond acceptors (Lipinski definition) is 2. The molecule has 2 unspecified atom stereocenters. The van der Waals surface area contributed by atoms with Gasteiger partial charge in [-0.25, -0.2) is 4.79 Å². The van der Waals surface area contributed by atoms with E-state index in [1.54, 1.807) is 24.3 Å². The van der Waals surface area contributed by atoms with Gasteiger partial charge in [0.25, 0.3) is 0 Å². The van der Waals surface area contributed by atoms with Crippen LogP contribution >= 0.6 is 11.6 Å². The molecule has 112 valence electrons. The molecule has 0 saturated heterocycles. The van der Waals surface area contributed by atoms with Crippen LogP contribution in [0.15, 0.2) is 36.4 Å². The number of ether oxygens (including phenoxy) is 1. The van der Waals surface area contributed by atoms with Gasteiger partial charge in [0.15, 0.2) is 6.10 Å². The predicted octanol–water partition coefficient (Wildman–Crippen LogP) is 4.88. The zero-order valence-electron chi connectivity index (χ0n) is 12.8. The summed E-state index contributed by atoms with van der Waals surface area (Å²) in [4.78, 5) is 12.2. The summed E-state index contributed by atoms with van der Waals surface area (Å²) >= 11 is 5.81. The van der Waals surface area contributed by atoms with Crippen molar-refractivity contribution < 1.29 is 9.53 Å². The van der Waals surface area contributed by atoms with Gasteiger partial charge in [-0.1, -0.05) is 50.3 Å². The maximum atomic E-state index is 12.2. The zero-order chi connectivity index (χ0) is 15.8. The summed E-state index contributed by atoms with van der Waals surface area (Å²) in [6, 6.07) is 6.64. The van der Waals surface area contributed by atoms with E-state index in [-0.39, 0.29) is 11.9 Å². The van der Waals surface area contributed by atoms with Crippen molar-refractivity contribution in [2.24, 2.45) is 5.92 Å². The van der Waals surface area contributed by atoms with Crippen LogP contribution < -0.4 is 0 Å². The number of rotatable bonds is 5. The fraction of sp³-hybridized carbons (Fsp3) is 0.389. The van der Waals surface area contributed by atoms with Crippen molar-refractivity contribution >= 4 is 17.6 Å². The first kappa shape index (κ1) is 17.3. The number of benzene rings is 1. The first-order valence-electron chi connectivity index (χ1n) is 7.07. The highest BCUT2D eigenvalue weighted by molar-refractivity contribution is 6.30. The maximum absolute atomic E-state index is 12.2. The van der Waals surface area contributed by atoms with E-state index in [1.807, 2.05) is 13.8 Å². The standard InChI is InChI=1S/C18H21ClO2/c1-5-6-14(4)17(12-7-13(2)3)21-18(20)15-8-10-16(19)11-9-15/h8-11,14,17H,2,5-6H2,1,3-4H3. The molecule has 1 rings (SSSR count). The molecule has 0 aliphatic carbocycles. The Morgan fingerprint density at radius 3 is 2.52 bits per heavy atom. The lowest BCUT2D eigenvalue weighted by Gasteiger charge is -2.19. The smallest absolute Gasteiger partial charge is 0.339 e. The number of halogens is 1. The first-order valence-corrected chi connectivity index (χ1v) is 7.45. The van der Waals surface area contributed by atoms with E-state index in [0.29, 0.717) is 10.6 Å². The van der Waals surface area contributed by atoms with Gasteiger partial charge in [0.05, 0.1) is 5.56 Å². The maximum Gasteiger partial charge on any atom is 0.339 e. The fourth-order valence-corrected chi connectivity index (χ4v) is 1.98. The summed E-state index contributed by atoms with van der Waals surface area (Å²) in [5.74, 6) is 5.70. The second-order valence-corrected chi connectivity index (χ2v) is 5.58. The summed E-state index contributed by atoms with van der Waals surface area (Å²) in [6.07, 6.45) is 1.54. The molecule has 0 amide bonds. The van der Waals surface area contributed by atoms with Crippen molar-refractivity contribution in [2.75, 3.05) is 0 Å². The average Bonchev–Trinajstić information content (AvgIpc) is 2.43. The molecule has 0 aliphatic rings. The van der Waals surface area contributed by atoms with Crippen LogP contribution in [0.4, 0.5) is 0 Å². The van der Waals surface area contributed by atoms with Crippen molar-refractivity contribution in [1.82, 2.24) is 0 Å². The van der Waals surface area contributed by atoms with E-state index in [0.717, 1.165) is 18.4 Å². The zero-order valence-corrected chi connectivity index (χ0v) is 13.5. The Bertz CT molecular complexity index is 549. The summed E-state index contributed by atoms with van der Waals surface area (Å²) in [5, 5.41) is 0.588. The summed E-state index contributed by atoms with van der Waals surface area (Å²) in [6.45, 7) is 9.72. The molecule has 0 fully saturated rings. The Morgan fingerprint density at radius 2 is 2.00 bits per heavy atom. The lowest BCUT2D eigenvalue weighted by Crippen LogP contribution is -2.24. The molecule has 0 aliphatic heterocycles. The van der Waals surface area contributed by atoms with Crippen LogP contribution in [-0.4, -0.2) is 12.1 Å². The predicted molar refractivity (Wildman–Crippen MR) is 87.3 cm³/mol. The number of carbonyl (C=O) groups excluding carboxylic acids is 1. The van der Waals surface area contributed by atoms with Crippen molar-refractivity contribution in [1.29, 1.82) is 0 Å². The molecule has 3 heteroatoms. The lowest BCUT2D eigenvalue weighted by molar-refractivity contribution is 0.0305. The molecular weight excluding hydrogens is 284 g/mol.